The summed E-state index contributed by atoms with van der Waals surface area (Å²) in [6, 6.07) is 9.62. The number of ether oxygens (including phenoxy) is 1. The second kappa shape index (κ2) is 6.85. The van der Waals surface area contributed by atoms with E-state index in [-0.39, 0.29) is 12.4 Å². The van der Waals surface area contributed by atoms with Gasteiger partial charge in [0.2, 0.25) is 0 Å². The Morgan fingerprint density at radius 1 is 1.44 bits per heavy atom. The smallest absolute Gasteiger partial charge is 0.305 e. The summed E-state index contributed by atoms with van der Waals surface area (Å²) in [7, 11) is 1.34. The van der Waals surface area contributed by atoms with Crippen LogP contribution in [0.25, 0.3) is 0 Å². The number of rotatable bonds is 6. The van der Waals surface area contributed by atoms with Crippen LogP contribution in [0.1, 0.15) is 12.8 Å². The van der Waals surface area contributed by atoms with Gasteiger partial charge in [0.05, 0.1) is 13.2 Å². The molecule has 0 aliphatic carbocycles. The Kier molecular flexibility index (Phi) is 5.36. The molecule has 1 aromatic rings. The third-order valence-corrected chi connectivity index (χ3v) is 2.22. The number of carbonyl (C=O) groups is 1. The molecule has 0 fully saturated rings. The van der Waals surface area contributed by atoms with Gasteiger partial charge in [0.25, 0.3) is 0 Å². The van der Waals surface area contributed by atoms with Crippen LogP contribution in [0.3, 0.4) is 0 Å². The summed E-state index contributed by atoms with van der Waals surface area (Å²) in [5.74, 6) is -0.293. The third kappa shape index (κ3) is 4.79. The number of esters is 1. The first-order chi connectivity index (χ1) is 7.72. The molecule has 0 radical (unpaired) electrons. The van der Waals surface area contributed by atoms with Crippen LogP contribution < -0.4 is 5.32 Å². The van der Waals surface area contributed by atoms with Crippen LogP contribution in [-0.2, 0) is 9.53 Å². The molecular weight excluding hydrogens is 206 g/mol. The van der Waals surface area contributed by atoms with E-state index in [0.29, 0.717) is 13.0 Å². The Morgan fingerprint density at radius 3 is 2.75 bits per heavy atom. The lowest BCUT2D eigenvalue weighted by atomic mass is 10.2. The molecule has 0 aliphatic heterocycles. The molecule has 1 aromatic carbocycles. The van der Waals surface area contributed by atoms with Gasteiger partial charge in [0.15, 0.2) is 0 Å². The van der Waals surface area contributed by atoms with Gasteiger partial charge in [-0.2, -0.15) is 0 Å². The van der Waals surface area contributed by atoms with Gasteiger partial charge < -0.3 is 15.2 Å². The fourth-order valence-electron chi connectivity index (χ4n) is 1.28. The zero-order valence-corrected chi connectivity index (χ0v) is 9.35. The van der Waals surface area contributed by atoms with Crippen LogP contribution in [0.4, 0.5) is 5.69 Å². The number of para-hydroxylation sites is 1. The average Bonchev–Trinajstić information content (AvgIpc) is 2.34. The Labute approximate surface area is 95.2 Å². The lowest BCUT2D eigenvalue weighted by Gasteiger charge is -2.11. The number of carbonyl (C=O) groups excluding carboxylic acids is 1. The summed E-state index contributed by atoms with van der Waals surface area (Å²) in [4.78, 5) is 10.8. The maximum atomic E-state index is 10.8. The Balaban J connectivity index is 2.20. The molecule has 2 N–H and O–H groups in total. The van der Waals surface area contributed by atoms with Crippen molar-refractivity contribution in [3.63, 3.8) is 0 Å². The van der Waals surface area contributed by atoms with Gasteiger partial charge in [-0.25, -0.2) is 0 Å². The van der Waals surface area contributed by atoms with Gasteiger partial charge in [-0.1, -0.05) is 18.2 Å². The number of aliphatic hydroxyl groups excluding tert-OH is 1. The predicted molar refractivity (Wildman–Crippen MR) is 62.2 cm³/mol. The number of nitrogens with one attached hydrogen (secondary N) is 1. The molecule has 1 atom stereocenters. The Hall–Kier alpha value is -1.55. The number of aliphatic hydroxyl groups is 1. The highest BCUT2D eigenvalue weighted by Crippen LogP contribution is 2.06. The SMILES string of the molecule is COC(=O)CCC(O)CNc1ccccc1. The molecule has 0 bridgehead atoms. The van der Waals surface area contributed by atoms with Crippen LogP contribution in [-0.4, -0.2) is 30.8 Å². The molecule has 0 spiro atoms. The second-order valence-corrected chi connectivity index (χ2v) is 3.52. The number of anilines is 1. The van der Waals surface area contributed by atoms with Crippen LogP contribution in [0.15, 0.2) is 30.3 Å². The minimum absolute atomic E-state index is 0.244. The highest BCUT2D eigenvalue weighted by molar-refractivity contribution is 5.69. The monoisotopic (exact) mass is 223 g/mol. The maximum absolute atomic E-state index is 10.8. The van der Waals surface area contributed by atoms with Crippen molar-refractivity contribution < 1.29 is 14.6 Å². The van der Waals surface area contributed by atoms with E-state index >= 15 is 0 Å². The summed E-state index contributed by atoms with van der Waals surface area (Å²) in [5, 5.41) is 12.7. The third-order valence-electron chi connectivity index (χ3n) is 2.22. The number of benzene rings is 1. The largest absolute Gasteiger partial charge is 0.469 e. The first kappa shape index (κ1) is 12.5. The zero-order chi connectivity index (χ0) is 11.8. The van der Waals surface area contributed by atoms with Crippen LogP contribution in [0.5, 0.6) is 0 Å². The van der Waals surface area contributed by atoms with E-state index in [4.69, 9.17) is 0 Å². The van der Waals surface area contributed by atoms with E-state index in [2.05, 4.69) is 10.1 Å². The molecule has 0 heterocycles. The predicted octanol–water partition coefficient (Wildman–Crippen LogP) is 1.41. The molecule has 0 amide bonds. The van der Waals surface area contributed by atoms with Gasteiger partial charge in [0, 0.05) is 18.7 Å². The van der Waals surface area contributed by atoms with Crippen molar-refractivity contribution >= 4 is 11.7 Å². The van der Waals surface area contributed by atoms with Crippen LogP contribution >= 0.6 is 0 Å². The fraction of sp³-hybridized carbons (Fsp3) is 0.417. The highest BCUT2D eigenvalue weighted by atomic mass is 16.5. The minimum atomic E-state index is -0.542. The average molecular weight is 223 g/mol. The standard InChI is InChI=1S/C12H17NO3/c1-16-12(15)8-7-11(14)9-13-10-5-3-2-4-6-10/h2-6,11,13-14H,7-9H2,1H3. The minimum Gasteiger partial charge on any atom is -0.469 e. The number of methoxy groups -OCH3 is 1. The summed E-state index contributed by atoms with van der Waals surface area (Å²) < 4.78 is 4.49. The normalized spacial score (nSPS) is 11.9. The van der Waals surface area contributed by atoms with E-state index in [1.165, 1.54) is 7.11 Å². The fourth-order valence-corrected chi connectivity index (χ4v) is 1.28. The molecule has 0 aromatic heterocycles. The molecule has 1 rings (SSSR count). The second-order valence-electron chi connectivity index (χ2n) is 3.52. The van der Waals surface area contributed by atoms with Gasteiger partial charge in [-0.05, 0) is 18.6 Å². The van der Waals surface area contributed by atoms with Crippen molar-refractivity contribution in [1.29, 1.82) is 0 Å². The van der Waals surface area contributed by atoms with Gasteiger partial charge >= 0.3 is 5.97 Å². The van der Waals surface area contributed by atoms with Crippen molar-refractivity contribution in [3.8, 4) is 0 Å². The van der Waals surface area contributed by atoms with E-state index in [1.807, 2.05) is 30.3 Å². The topological polar surface area (TPSA) is 58.6 Å². The Bertz CT molecular complexity index is 313. The molecule has 16 heavy (non-hydrogen) atoms. The summed E-state index contributed by atoms with van der Waals surface area (Å²) in [5.41, 5.74) is 0.958. The maximum Gasteiger partial charge on any atom is 0.305 e. The molecule has 0 aliphatic rings. The van der Waals surface area contributed by atoms with Gasteiger partial charge in [-0.3, -0.25) is 4.79 Å². The van der Waals surface area contributed by atoms with E-state index < -0.39 is 6.10 Å². The van der Waals surface area contributed by atoms with Crippen molar-refractivity contribution in [3.05, 3.63) is 30.3 Å². The van der Waals surface area contributed by atoms with Crippen molar-refractivity contribution in [1.82, 2.24) is 0 Å². The van der Waals surface area contributed by atoms with Crippen molar-refractivity contribution in [2.45, 2.75) is 18.9 Å². The quantitative estimate of drug-likeness (QED) is 0.716. The Morgan fingerprint density at radius 2 is 2.12 bits per heavy atom. The number of hydrogen-bond donors (Lipinski definition) is 2. The molecule has 4 nitrogen and oxygen atoms in total. The molecule has 0 saturated heterocycles. The molecular formula is C12H17NO3. The highest BCUT2D eigenvalue weighted by Gasteiger charge is 2.07. The van der Waals surface area contributed by atoms with E-state index in [9.17, 15) is 9.90 Å². The summed E-state index contributed by atoms with van der Waals surface area (Å²) in [6.45, 7) is 0.432. The summed E-state index contributed by atoms with van der Waals surface area (Å²) >= 11 is 0. The van der Waals surface area contributed by atoms with E-state index in [0.717, 1.165) is 5.69 Å². The molecule has 4 heteroatoms. The van der Waals surface area contributed by atoms with E-state index in [1.54, 1.807) is 0 Å². The van der Waals surface area contributed by atoms with Crippen LogP contribution in [0.2, 0.25) is 0 Å². The first-order valence-electron chi connectivity index (χ1n) is 5.26. The summed E-state index contributed by atoms with van der Waals surface area (Å²) in [6.07, 6.45) is 0.111. The number of hydrogen-bond acceptors (Lipinski definition) is 4. The molecule has 0 saturated carbocycles. The van der Waals surface area contributed by atoms with Gasteiger partial charge in [-0.15, -0.1) is 0 Å². The molecule has 1 unspecified atom stereocenters. The van der Waals surface area contributed by atoms with Gasteiger partial charge in [0.1, 0.15) is 0 Å². The zero-order valence-electron chi connectivity index (χ0n) is 9.35. The molecule has 88 valence electrons. The lowest BCUT2D eigenvalue weighted by molar-refractivity contribution is -0.141. The first-order valence-corrected chi connectivity index (χ1v) is 5.26. The van der Waals surface area contributed by atoms with Crippen molar-refractivity contribution in [2.24, 2.45) is 0 Å². The van der Waals surface area contributed by atoms with Crippen LogP contribution in [0, 0.1) is 0 Å². The lowest BCUT2D eigenvalue weighted by Crippen LogP contribution is -2.20. The van der Waals surface area contributed by atoms with Crippen molar-refractivity contribution in [2.75, 3.05) is 19.0 Å².